The lowest BCUT2D eigenvalue weighted by molar-refractivity contribution is -0.121. The van der Waals surface area contributed by atoms with Gasteiger partial charge in [0.1, 0.15) is 0 Å². The molecule has 0 spiro atoms. The van der Waals surface area contributed by atoms with Gasteiger partial charge in [0, 0.05) is 5.56 Å². The minimum atomic E-state index is -1.37. The lowest BCUT2D eigenvalue weighted by Gasteiger charge is -2.35. The van der Waals surface area contributed by atoms with E-state index in [1.807, 2.05) is 18.2 Å². The van der Waals surface area contributed by atoms with Crippen molar-refractivity contribution in [3.05, 3.63) is 65.7 Å². The topological polar surface area (TPSA) is 58.2 Å². The van der Waals surface area contributed by atoms with Gasteiger partial charge in [-0.3, -0.25) is 14.9 Å². The van der Waals surface area contributed by atoms with Crippen molar-refractivity contribution >= 4 is 17.4 Å². The lowest BCUT2D eigenvalue weighted by Crippen LogP contribution is -2.58. The molecule has 0 saturated carbocycles. The maximum atomic E-state index is 12.9. The number of carbonyl (C=O) groups is 2. The molecule has 1 heterocycles. The van der Waals surface area contributed by atoms with Gasteiger partial charge in [0.25, 0.3) is 5.91 Å². The number of hydrogen-bond donors (Lipinski definition) is 2. The molecular formula is C16H14N2O2. The van der Waals surface area contributed by atoms with Gasteiger partial charge in [0.2, 0.25) is 0 Å². The Bertz CT molecular complexity index is 682. The van der Waals surface area contributed by atoms with Gasteiger partial charge < -0.3 is 5.32 Å². The highest BCUT2D eigenvalue weighted by Gasteiger charge is 2.50. The van der Waals surface area contributed by atoms with Crippen molar-refractivity contribution in [1.29, 1.82) is 0 Å². The molecule has 2 N–H and O–H groups in total. The van der Waals surface area contributed by atoms with Crippen LogP contribution in [0.2, 0.25) is 0 Å². The van der Waals surface area contributed by atoms with E-state index in [1.54, 1.807) is 43.4 Å². The Morgan fingerprint density at radius 3 is 2.30 bits per heavy atom. The van der Waals surface area contributed by atoms with E-state index in [-0.39, 0.29) is 11.7 Å². The van der Waals surface area contributed by atoms with E-state index < -0.39 is 5.54 Å². The minimum Gasteiger partial charge on any atom is -0.323 e. The highest BCUT2D eigenvalue weighted by molar-refractivity contribution is 6.27. The molecule has 0 aromatic heterocycles. The fourth-order valence-electron chi connectivity index (χ4n) is 2.63. The predicted octanol–water partition coefficient (Wildman–Crippen LogP) is 1.94. The van der Waals surface area contributed by atoms with E-state index >= 15 is 0 Å². The van der Waals surface area contributed by atoms with Crippen molar-refractivity contribution in [1.82, 2.24) is 5.32 Å². The second kappa shape index (κ2) is 4.58. The normalized spacial score (nSPS) is 21.2. The van der Waals surface area contributed by atoms with Gasteiger partial charge in [-0.25, -0.2) is 0 Å². The van der Waals surface area contributed by atoms with Gasteiger partial charge >= 0.3 is 0 Å². The molecule has 100 valence electrons. The molecule has 4 nitrogen and oxygen atoms in total. The number of ketones is 1. The summed E-state index contributed by atoms with van der Waals surface area (Å²) in [5, 5.41) is 5.72. The quantitative estimate of drug-likeness (QED) is 0.817. The van der Waals surface area contributed by atoms with Gasteiger partial charge in [-0.05, 0) is 24.7 Å². The molecule has 0 bridgehead atoms. The Hall–Kier alpha value is -2.46. The monoisotopic (exact) mass is 266 g/mol. The molecule has 0 fully saturated rings. The molecule has 1 aliphatic heterocycles. The molecular weight excluding hydrogens is 252 g/mol. The summed E-state index contributed by atoms with van der Waals surface area (Å²) in [5.74, 6) is -0.583. The van der Waals surface area contributed by atoms with E-state index in [0.29, 0.717) is 16.8 Å². The van der Waals surface area contributed by atoms with Crippen molar-refractivity contribution < 1.29 is 9.59 Å². The zero-order valence-corrected chi connectivity index (χ0v) is 11.0. The Morgan fingerprint density at radius 2 is 1.60 bits per heavy atom. The number of carbonyl (C=O) groups excluding carboxylic acids is 2. The van der Waals surface area contributed by atoms with Gasteiger partial charge in [-0.15, -0.1) is 0 Å². The van der Waals surface area contributed by atoms with E-state index in [1.165, 1.54) is 0 Å². The molecule has 3 rings (SSSR count). The van der Waals surface area contributed by atoms with Crippen molar-refractivity contribution in [3.63, 3.8) is 0 Å². The molecule has 0 radical (unpaired) electrons. The van der Waals surface area contributed by atoms with Crippen LogP contribution < -0.4 is 10.6 Å². The molecule has 1 amide bonds. The molecule has 0 saturated heterocycles. The summed E-state index contributed by atoms with van der Waals surface area (Å²) >= 11 is 0. The van der Waals surface area contributed by atoms with Crippen LogP contribution in [0, 0.1) is 0 Å². The molecule has 1 atom stereocenters. The van der Waals surface area contributed by atoms with Crippen LogP contribution in [0.25, 0.3) is 0 Å². The second-order valence-corrected chi connectivity index (χ2v) is 4.69. The number of fused-ring (bicyclic) bond motifs is 1. The molecule has 4 heteroatoms. The number of benzene rings is 2. The lowest BCUT2D eigenvalue weighted by atomic mass is 9.79. The number of para-hydroxylation sites is 1. The van der Waals surface area contributed by atoms with E-state index in [9.17, 15) is 9.59 Å². The molecule has 0 aliphatic carbocycles. The van der Waals surface area contributed by atoms with Gasteiger partial charge in [-0.1, -0.05) is 42.5 Å². The van der Waals surface area contributed by atoms with Crippen LogP contribution in [0.5, 0.6) is 0 Å². The standard InChI is InChI=1S/C16H14N2O2/c1-17-16(11-7-3-2-4-8-11)14(19)12-9-5-6-10-13(12)18-15(16)20/h2-10,17H,1H3,(H,18,20). The number of amides is 1. The van der Waals surface area contributed by atoms with Crippen molar-refractivity contribution in [2.24, 2.45) is 0 Å². The Labute approximate surface area is 116 Å². The van der Waals surface area contributed by atoms with Crippen molar-refractivity contribution in [2.45, 2.75) is 5.54 Å². The molecule has 2 aromatic carbocycles. The maximum absolute atomic E-state index is 12.9. The summed E-state index contributed by atoms with van der Waals surface area (Å²) in [7, 11) is 1.62. The third-order valence-electron chi connectivity index (χ3n) is 3.68. The van der Waals surface area contributed by atoms with Crippen LogP contribution in [0.1, 0.15) is 15.9 Å². The first-order valence-corrected chi connectivity index (χ1v) is 6.40. The molecule has 1 aliphatic rings. The van der Waals surface area contributed by atoms with Crippen molar-refractivity contribution in [3.8, 4) is 0 Å². The predicted molar refractivity (Wildman–Crippen MR) is 76.6 cm³/mol. The third-order valence-corrected chi connectivity index (χ3v) is 3.68. The van der Waals surface area contributed by atoms with E-state index in [0.717, 1.165) is 0 Å². The fraction of sp³-hybridized carbons (Fsp3) is 0.125. The van der Waals surface area contributed by atoms with E-state index in [4.69, 9.17) is 0 Å². The number of Topliss-reactive ketones (excluding diaryl/α,β-unsaturated/α-hetero) is 1. The highest BCUT2D eigenvalue weighted by atomic mass is 16.2. The second-order valence-electron chi connectivity index (χ2n) is 4.69. The average molecular weight is 266 g/mol. The van der Waals surface area contributed by atoms with E-state index in [2.05, 4.69) is 10.6 Å². The first-order valence-electron chi connectivity index (χ1n) is 6.40. The number of nitrogens with one attached hydrogen (secondary N) is 2. The average Bonchev–Trinajstić information content (AvgIpc) is 2.49. The summed E-state index contributed by atoms with van der Waals surface area (Å²) in [6.07, 6.45) is 0. The Balaban J connectivity index is 2.23. The highest BCUT2D eigenvalue weighted by Crippen LogP contribution is 2.34. The first-order chi connectivity index (χ1) is 9.70. The first kappa shape index (κ1) is 12.6. The Morgan fingerprint density at radius 1 is 0.950 bits per heavy atom. The zero-order chi connectivity index (χ0) is 14.2. The molecule has 2 aromatic rings. The third kappa shape index (κ3) is 1.58. The summed E-state index contributed by atoms with van der Waals surface area (Å²) in [5.41, 5.74) is 0.351. The van der Waals surface area contributed by atoms with Crippen LogP contribution >= 0.6 is 0 Å². The van der Waals surface area contributed by atoms with Crippen LogP contribution in [-0.4, -0.2) is 18.7 Å². The Kier molecular flexibility index (Phi) is 2.88. The smallest absolute Gasteiger partial charge is 0.257 e. The SMILES string of the molecule is CNC1(c2ccccc2)C(=O)Nc2ccccc2C1=O. The minimum absolute atomic E-state index is 0.231. The summed E-state index contributed by atoms with van der Waals surface area (Å²) in [6.45, 7) is 0. The number of anilines is 1. The van der Waals surface area contributed by atoms with Crippen LogP contribution in [0.15, 0.2) is 54.6 Å². The summed E-state index contributed by atoms with van der Waals surface area (Å²) < 4.78 is 0. The molecule has 1 unspecified atom stereocenters. The summed E-state index contributed by atoms with van der Waals surface area (Å²) in [6, 6.07) is 16.1. The summed E-state index contributed by atoms with van der Waals surface area (Å²) in [4.78, 5) is 25.4. The fourth-order valence-corrected chi connectivity index (χ4v) is 2.63. The van der Waals surface area contributed by atoms with Crippen LogP contribution in [-0.2, 0) is 10.3 Å². The number of rotatable bonds is 2. The van der Waals surface area contributed by atoms with Gasteiger partial charge in [0.15, 0.2) is 11.3 Å². The van der Waals surface area contributed by atoms with Crippen LogP contribution in [0.3, 0.4) is 0 Å². The van der Waals surface area contributed by atoms with Gasteiger partial charge in [-0.2, -0.15) is 0 Å². The maximum Gasteiger partial charge on any atom is 0.257 e. The largest absolute Gasteiger partial charge is 0.323 e. The zero-order valence-electron chi connectivity index (χ0n) is 11.0. The van der Waals surface area contributed by atoms with Crippen molar-refractivity contribution in [2.75, 3.05) is 12.4 Å². The number of hydrogen-bond acceptors (Lipinski definition) is 3. The van der Waals surface area contributed by atoms with Gasteiger partial charge in [0.05, 0.1) is 5.69 Å². The molecule has 20 heavy (non-hydrogen) atoms. The number of likely N-dealkylation sites (N-methyl/N-ethyl adjacent to an activating group) is 1. The van der Waals surface area contributed by atoms with Crippen LogP contribution in [0.4, 0.5) is 5.69 Å².